The van der Waals surface area contributed by atoms with E-state index in [2.05, 4.69) is 5.32 Å². The maximum atomic E-state index is 13.5. The number of benzene rings is 2. The van der Waals surface area contributed by atoms with E-state index in [1.807, 2.05) is 0 Å². The smallest absolute Gasteiger partial charge is 0.258 e. The molecule has 0 fully saturated rings. The highest BCUT2D eigenvalue weighted by molar-refractivity contribution is 6.04. The van der Waals surface area contributed by atoms with E-state index in [1.54, 1.807) is 12.1 Å². The average molecular weight is 313 g/mol. The molecule has 0 spiro atoms. The fourth-order valence-electron chi connectivity index (χ4n) is 1.82. The first-order chi connectivity index (χ1) is 10.4. The molecule has 2 rings (SSSR count). The molecule has 0 saturated heterocycles. The Balaban J connectivity index is 2.22. The van der Waals surface area contributed by atoms with Crippen LogP contribution in [0.2, 0.25) is 0 Å². The Morgan fingerprint density at radius 3 is 2.23 bits per heavy atom. The summed E-state index contributed by atoms with van der Waals surface area (Å²) in [5, 5.41) is 11.0. The van der Waals surface area contributed by atoms with E-state index >= 15 is 0 Å². The lowest BCUT2D eigenvalue weighted by Crippen LogP contribution is -2.16. The van der Waals surface area contributed by atoms with Gasteiger partial charge in [-0.1, -0.05) is 12.1 Å². The summed E-state index contributed by atoms with van der Waals surface area (Å²) in [6, 6.07) is 6.50. The molecule has 3 nitrogen and oxygen atoms in total. The molecule has 1 amide bonds. The van der Waals surface area contributed by atoms with Crippen molar-refractivity contribution in [2.45, 2.75) is 6.42 Å². The molecule has 0 aromatic heterocycles. The number of hydrogen-bond acceptors (Lipinski definition) is 2. The second kappa shape index (κ2) is 6.57. The van der Waals surface area contributed by atoms with Crippen molar-refractivity contribution in [1.82, 2.24) is 0 Å². The normalized spacial score (nSPS) is 10.6. The Bertz CT molecular complexity index is 702. The van der Waals surface area contributed by atoms with Gasteiger partial charge in [-0.05, 0) is 30.2 Å². The Kier molecular flexibility index (Phi) is 4.77. The summed E-state index contributed by atoms with van der Waals surface area (Å²) < 4.78 is 52.5. The van der Waals surface area contributed by atoms with Crippen LogP contribution < -0.4 is 5.32 Å². The van der Waals surface area contributed by atoms with Gasteiger partial charge in [0.1, 0.15) is 0 Å². The summed E-state index contributed by atoms with van der Waals surface area (Å²) in [4.78, 5) is 11.8. The third-order valence-electron chi connectivity index (χ3n) is 2.96. The SMILES string of the molecule is O=C(Nc1ccc(CCO)cc1)c1cc(F)c(F)c(F)c1F. The lowest BCUT2D eigenvalue weighted by molar-refractivity contribution is 0.102. The third-order valence-corrected chi connectivity index (χ3v) is 2.96. The lowest BCUT2D eigenvalue weighted by Gasteiger charge is -2.08. The molecule has 0 aliphatic carbocycles. The molecule has 2 N–H and O–H groups in total. The van der Waals surface area contributed by atoms with Crippen LogP contribution in [-0.4, -0.2) is 17.6 Å². The van der Waals surface area contributed by atoms with Crippen molar-refractivity contribution in [3.8, 4) is 0 Å². The summed E-state index contributed by atoms with van der Waals surface area (Å²) in [6.07, 6.45) is 0.428. The Labute approximate surface area is 123 Å². The number of nitrogens with one attached hydrogen (secondary N) is 1. The van der Waals surface area contributed by atoms with E-state index in [0.717, 1.165) is 5.56 Å². The van der Waals surface area contributed by atoms with Gasteiger partial charge in [0.15, 0.2) is 23.3 Å². The van der Waals surface area contributed by atoms with Crippen molar-refractivity contribution >= 4 is 11.6 Å². The van der Waals surface area contributed by atoms with Gasteiger partial charge < -0.3 is 10.4 Å². The van der Waals surface area contributed by atoms with Gasteiger partial charge in [-0.25, -0.2) is 17.6 Å². The minimum absolute atomic E-state index is 0.0367. The van der Waals surface area contributed by atoms with Gasteiger partial charge in [-0.15, -0.1) is 0 Å². The van der Waals surface area contributed by atoms with Crippen LogP contribution in [0.25, 0.3) is 0 Å². The summed E-state index contributed by atoms with van der Waals surface area (Å²) in [7, 11) is 0. The number of halogens is 4. The first kappa shape index (κ1) is 16.0. The molecule has 2 aromatic rings. The second-order valence-electron chi connectivity index (χ2n) is 4.47. The van der Waals surface area contributed by atoms with Crippen molar-refractivity contribution in [1.29, 1.82) is 0 Å². The average Bonchev–Trinajstić information content (AvgIpc) is 2.51. The van der Waals surface area contributed by atoms with Crippen LogP contribution in [0.15, 0.2) is 30.3 Å². The van der Waals surface area contributed by atoms with Gasteiger partial charge in [-0.3, -0.25) is 4.79 Å². The number of rotatable bonds is 4. The monoisotopic (exact) mass is 313 g/mol. The molecule has 0 aliphatic heterocycles. The van der Waals surface area contributed by atoms with Crippen molar-refractivity contribution in [3.63, 3.8) is 0 Å². The molecule has 0 heterocycles. The molecule has 7 heteroatoms. The molecular formula is C15H11F4NO2. The molecule has 116 valence electrons. The summed E-state index contributed by atoms with van der Waals surface area (Å²) in [6.45, 7) is -0.0367. The molecule has 0 atom stereocenters. The first-order valence-corrected chi connectivity index (χ1v) is 6.28. The molecule has 0 aliphatic rings. The van der Waals surface area contributed by atoms with Crippen LogP contribution in [0, 0.1) is 23.3 Å². The molecule has 0 saturated carbocycles. The maximum Gasteiger partial charge on any atom is 0.258 e. The van der Waals surface area contributed by atoms with Crippen LogP contribution in [0.1, 0.15) is 15.9 Å². The third kappa shape index (κ3) is 3.25. The van der Waals surface area contributed by atoms with Crippen molar-refractivity contribution in [3.05, 3.63) is 64.7 Å². The van der Waals surface area contributed by atoms with Crippen LogP contribution >= 0.6 is 0 Å². The largest absolute Gasteiger partial charge is 0.396 e. The van der Waals surface area contributed by atoms with Gasteiger partial charge in [0.2, 0.25) is 0 Å². The van der Waals surface area contributed by atoms with Crippen molar-refractivity contribution in [2.75, 3.05) is 11.9 Å². The fourth-order valence-corrected chi connectivity index (χ4v) is 1.82. The zero-order valence-electron chi connectivity index (χ0n) is 11.2. The van der Waals surface area contributed by atoms with E-state index in [1.165, 1.54) is 12.1 Å². The topological polar surface area (TPSA) is 49.3 Å². The van der Waals surface area contributed by atoms with Crippen LogP contribution in [0.5, 0.6) is 0 Å². The van der Waals surface area contributed by atoms with Gasteiger partial charge in [0, 0.05) is 12.3 Å². The zero-order chi connectivity index (χ0) is 16.3. The van der Waals surface area contributed by atoms with Gasteiger partial charge >= 0.3 is 0 Å². The summed E-state index contributed by atoms with van der Waals surface area (Å²) >= 11 is 0. The number of hydrogen-bond donors (Lipinski definition) is 2. The van der Waals surface area contributed by atoms with Crippen LogP contribution in [0.3, 0.4) is 0 Å². The minimum Gasteiger partial charge on any atom is -0.396 e. The van der Waals surface area contributed by atoms with Crippen LogP contribution in [-0.2, 0) is 6.42 Å². The quantitative estimate of drug-likeness (QED) is 0.518. The minimum atomic E-state index is -2.04. The van der Waals surface area contributed by atoms with Crippen LogP contribution in [0.4, 0.5) is 23.2 Å². The fraction of sp³-hybridized carbons (Fsp3) is 0.133. The molecule has 0 bridgehead atoms. The molecular weight excluding hydrogens is 302 g/mol. The van der Waals surface area contributed by atoms with Gasteiger partial charge in [0.25, 0.3) is 5.91 Å². The summed E-state index contributed by atoms with van der Waals surface area (Å²) in [5.74, 6) is -8.52. The maximum absolute atomic E-state index is 13.5. The molecule has 0 unspecified atom stereocenters. The van der Waals surface area contributed by atoms with Crippen molar-refractivity contribution < 1.29 is 27.5 Å². The Morgan fingerprint density at radius 2 is 1.64 bits per heavy atom. The molecule has 22 heavy (non-hydrogen) atoms. The number of carbonyl (C=O) groups excluding carboxylic acids is 1. The van der Waals surface area contributed by atoms with E-state index in [0.29, 0.717) is 12.5 Å². The standard InChI is InChI=1S/C15H11F4NO2/c16-11-7-10(12(17)14(19)13(11)18)15(22)20-9-3-1-8(2-4-9)5-6-21/h1-4,7,21H,5-6H2,(H,20,22). The molecule has 2 aromatic carbocycles. The molecule has 0 radical (unpaired) electrons. The first-order valence-electron chi connectivity index (χ1n) is 6.28. The predicted molar refractivity (Wildman–Crippen MR) is 71.5 cm³/mol. The lowest BCUT2D eigenvalue weighted by atomic mass is 10.1. The highest BCUT2D eigenvalue weighted by Gasteiger charge is 2.23. The van der Waals surface area contributed by atoms with E-state index in [4.69, 9.17) is 5.11 Å². The van der Waals surface area contributed by atoms with E-state index in [-0.39, 0.29) is 12.3 Å². The predicted octanol–water partition coefficient (Wildman–Crippen LogP) is 3.03. The number of anilines is 1. The highest BCUT2D eigenvalue weighted by atomic mass is 19.2. The number of carbonyl (C=O) groups is 1. The Morgan fingerprint density at radius 1 is 1.00 bits per heavy atom. The number of aliphatic hydroxyl groups excluding tert-OH is 1. The number of aliphatic hydroxyl groups is 1. The van der Waals surface area contributed by atoms with Crippen molar-refractivity contribution in [2.24, 2.45) is 0 Å². The highest BCUT2D eigenvalue weighted by Crippen LogP contribution is 2.20. The van der Waals surface area contributed by atoms with Gasteiger partial charge in [0.05, 0.1) is 5.56 Å². The Hall–Kier alpha value is -2.41. The zero-order valence-corrected chi connectivity index (χ0v) is 11.2. The van der Waals surface area contributed by atoms with E-state index < -0.39 is 34.7 Å². The summed E-state index contributed by atoms with van der Waals surface area (Å²) in [5.41, 5.74) is 0.137. The second-order valence-corrected chi connectivity index (χ2v) is 4.47. The van der Waals surface area contributed by atoms with Gasteiger partial charge in [-0.2, -0.15) is 0 Å². The number of amides is 1. The van der Waals surface area contributed by atoms with E-state index in [9.17, 15) is 22.4 Å².